The summed E-state index contributed by atoms with van der Waals surface area (Å²) in [7, 11) is 0. The van der Waals surface area contributed by atoms with Gasteiger partial charge in [0, 0.05) is 11.5 Å². The molecule has 3 aromatic rings. The summed E-state index contributed by atoms with van der Waals surface area (Å²) in [6.07, 6.45) is 0. The average molecular weight is 418 g/mol. The lowest BCUT2D eigenvalue weighted by atomic mass is 9.90. The first kappa shape index (κ1) is 20.8. The number of amides is 3. The van der Waals surface area contributed by atoms with Crippen molar-refractivity contribution in [2.45, 2.75) is 52.6 Å². The number of carbonyl (C=O) groups is 2. The predicted octanol–water partition coefficient (Wildman–Crippen LogP) is 4.50. The first-order valence-corrected chi connectivity index (χ1v) is 10.4. The van der Waals surface area contributed by atoms with Crippen molar-refractivity contribution in [3.63, 3.8) is 0 Å². The van der Waals surface area contributed by atoms with Crippen LogP contribution in [0.15, 0.2) is 51.7 Å². The highest BCUT2D eigenvalue weighted by Crippen LogP contribution is 2.32. The van der Waals surface area contributed by atoms with Gasteiger partial charge in [-0.1, -0.05) is 38.1 Å². The van der Waals surface area contributed by atoms with Crippen LogP contribution >= 0.6 is 0 Å². The first-order chi connectivity index (χ1) is 14.6. The van der Waals surface area contributed by atoms with Crippen molar-refractivity contribution in [2.75, 3.05) is 0 Å². The summed E-state index contributed by atoms with van der Waals surface area (Å²) < 4.78 is 5.34. The lowest BCUT2D eigenvalue weighted by Gasteiger charge is -2.23. The van der Waals surface area contributed by atoms with Crippen LogP contribution < -0.4 is 10.9 Å². The Morgan fingerprint density at radius 2 is 1.65 bits per heavy atom. The predicted molar refractivity (Wildman–Crippen MR) is 119 cm³/mol. The first-order valence-electron chi connectivity index (χ1n) is 10.4. The van der Waals surface area contributed by atoms with Crippen molar-refractivity contribution < 1.29 is 14.0 Å². The molecule has 1 atom stereocenters. The van der Waals surface area contributed by atoms with Crippen LogP contribution in [0.5, 0.6) is 0 Å². The van der Waals surface area contributed by atoms with Gasteiger partial charge in [-0.05, 0) is 66.6 Å². The number of rotatable bonds is 4. The maximum absolute atomic E-state index is 13.3. The molecule has 0 bridgehead atoms. The molecule has 6 nitrogen and oxygen atoms in total. The van der Waals surface area contributed by atoms with Gasteiger partial charge in [0.2, 0.25) is 0 Å². The highest BCUT2D eigenvalue weighted by atomic mass is 16.4. The van der Waals surface area contributed by atoms with E-state index >= 15 is 0 Å². The number of aryl methyl sites for hydroxylation is 2. The Kier molecular flexibility index (Phi) is 4.96. The number of fused-ring (bicyclic) bond motifs is 1. The van der Waals surface area contributed by atoms with Crippen molar-refractivity contribution in [3.05, 3.63) is 80.7 Å². The van der Waals surface area contributed by atoms with Gasteiger partial charge < -0.3 is 9.73 Å². The molecule has 6 heteroatoms. The minimum atomic E-state index is -1.16. The summed E-state index contributed by atoms with van der Waals surface area (Å²) in [5, 5.41) is 3.55. The van der Waals surface area contributed by atoms with Crippen LogP contribution in [0.4, 0.5) is 4.79 Å². The zero-order valence-corrected chi connectivity index (χ0v) is 18.4. The van der Waals surface area contributed by atoms with E-state index in [9.17, 15) is 14.4 Å². The fraction of sp³-hybridized carbons (Fsp3) is 0.320. The third-order valence-electron chi connectivity index (χ3n) is 6.20. The fourth-order valence-corrected chi connectivity index (χ4v) is 4.02. The lowest BCUT2D eigenvalue weighted by Crippen LogP contribution is -2.40. The van der Waals surface area contributed by atoms with Crippen LogP contribution in [-0.4, -0.2) is 16.8 Å². The quantitative estimate of drug-likeness (QED) is 0.500. The van der Waals surface area contributed by atoms with Crippen LogP contribution in [0.3, 0.4) is 0 Å². The standard InChI is InChI=1S/C25H26N2O4/c1-14(2)17-6-8-19(9-7-17)25(5)23(29)27(24(30)26-25)13-18-12-22(28)31-21-11-16(4)15(3)10-20(18)21/h6-12,14H,13H2,1-5H3,(H,26,30). The zero-order valence-electron chi connectivity index (χ0n) is 18.4. The second-order valence-electron chi connectivity index (χ2n) is 8.75. The molecule has 1 unspecified atom stereocenters. The van der Waals surface area contributed by atoms with E-state index in [2.05, 4.69) is 19.2 Å². The molecule has 0 aliphatic carbocycles. The molecule has 31 heavy (non-hydrogen) atoms. The Hall–Kier alpha value is -3.41. The summed E-state index contributed by atoms with van der Waals surface area (Å²) in [4.78, 5) is 39.4. The van der Waals surface area contributed by atoms with Gasteiger partial charge in [0.05, 0.1) is 6.54 Å². The van der Waals surface area contributed by atoms with Crippen LogP contribution in [-0.2, 0) is 16.9 Å². The van der Waals surface area contributed by atoms with E-state index in [-0.39, 0.29) is 12.5 Å². The van der Waals surface area contributed by atoms with E-state index in [1.165, 1.54) is 11.0 Å². The topological polar surface area (TPSA) is 79.6 Å². The number of nitrogens with one attached hydrogen (secondary N) is 1. The van der Waals surface area contributed by atoms with Gasteiger partial charge in [0.1, 0.15) is 11.1 Å². The van der Waals surface area contributed by atoms with Gasteiger partial charge in [0.15, 0.2) is 0 Å². The number of hydrogen-bond donors (Lipinski definition) is 1. The molecule has 4 rings (SSSR count). The lowest BCUT2D eigenvalue weighted by molar-refractivity contribution is -0.131. The highest BCUT2D eigenvalue weighted by Gasteiger charge is 2.49. The van der Waals surface area contributed by atoms with Crippen molar-refractivity contribution in [1.29, 1.82) is 0 Å². The minimum absolute atomic E-state index is 0.00502. The number of imide groups is 1. The summed E-state index contributed by atoms with van der Waals surface area (Å²) in [5.74, 6) is 0.0254. The van der Waals surface area contributed by atoms with Crippen molar-refractivity contribution >= 4 is 22.9 Å². The summed E-state index contributed by atoms with van der Waals surface area (Å²) in [5.41, 5.74) is 3.28. The largest absolute Gasteiger partial charge is 0.423 e. The third-order valence-corrected chi connectivity index (χ3v) is 6.20. The van der Waals surface area contributed by atoms with Gasteiger partial charge in [-0.15, -0.1) is 0 Å². The Morgan fingerprint density at radius 1 is 1.00 bits per heavy atom. The third kappa shape index (κ3) is 3.52. The molecule has 1 aliphatic rings. The molecule has 1 aliphatic heterocycles. The second kappa shape index (κ2) is 7.38. The smallest absolute Gasteiger partial charge is 0.336 e. The Bertz CT molecular complexity index is 1260. The Morgan fingerprint density at radius 3 is 2.29 bits per heavy atom. The number of benzene rings is 2. The van der Waals surface area contributed by atoms with Gasteiger partial charge in [-0.3, -0.25) is 9.69 Å². The number of carbonyl (C=O) groups excluding carboxylic acids is 2. The molecule has 1 N–H and O–H groups in total. The zero-order chi connectivity index (χ0) is 22.5. The maximum Gasteiger partial charge on any atom is 0.336 e. The molecule has 0 radical (unpaired) electrons. The highest BCUT2D eigenvalue weighted by molar-refractivity contribution is 6.07. The molecule has 2 heterocycles. The molecular weight excluding hydrogens is 392 g/mol. The SMILES string of the molecule is Cc1cc2oc(=O)cc(CN3C(=O)NC(C)(c4ccc(C(C)C)cc4)C3=O)c2cc1C. The van der Waals surface area contributed by atoms with Crippen LogP contribution in [0.1, 0.15) is 54.5 Å². The van der Waals surface area contributed by atoms with E-state index in [1.807, 2.05) is 50.2 Å². The summed E-state index contributed by atoms with van der Waals surface area (Å²) in [6.45, 7) is 9.82. The average Bonchev–Trinajstić information content (AvgIpc) is 2.93. The van der Waals surface area contributed by atoms with E-state index in [4.69, 9.17) is 4.42 Å². The molecular formula is C25H26N2O4. The molecule has 3 amide bonds. The van der Waals surface area contributed by atoms with Crippen molar-refractivity contribution in [3.8, 4) is 0 Å². The summed E-state index contributed by atoms with van der Waals surface area (Å²) in [6, 6.07) is 12.3. The second-order valence-corrected chi connectivity index (χ2v) is 8.75. The van der Waals surface area contributed by atoms with E-state index in [0.29, 0.717) is 17.1 Å². The van der Waals surface area contributed by atoms with E-state index < -0.39 is 17.2 Å². The molecule has 1 saturated heterocycles. The Balaban J connectivity index is 1.70. The van der Waals surface area contributed by atoms with Crippen LogP contribution in [0, 0.1) is 13.8 Å². The van der Waals surface area contributed by atoms with Gasteiger partial charge in [-0.2, -0.15) is 0 Å². The van der Waals surface area contributed by atoms with Gasteiger partial charge in [0.25, 0.3) is 5.91 Å². The minimum Gasteiger partial charge on any atom is -0.423 e. The number of urea groups is 1. The number of nitrogens with zero attached hydrogens (tertiary/aromatic N) is 1. The van der Waals surface area contributed by atoms with Crippen LogP contribution in [0.25, 0.3) is 11.0 Å². The number of hydrogen-bond acceptors (Lipinski definition) is 4. The van der Waals surface area contributed by atoms with E-state index in [0.717, 1.165) is 27.6 Å². The molecule has 2 aromatic carbocycles. The maximum atomic E-state index is 13.3. The van der Waals surface area contributed by atoms with E-state index in [1.54, 1.807) is 6.92 Å². The van der Waals surface area contributed by atoms with Gasteiger partial charge >= 0.3 is 11.7 Å². The van der Waals surface area contributed by atoms with Crippen molar-refractivity contribution in [1.82, 2.24) is 10.2 Å². The summed E-state index contributed by atoms with van der Waals surface area (Å²) >= 11 is 0. The fourth-order valence-electron chi connectivity index (χ4n) is 4.02. The molecule has 1 aromatic heterocycles. The monoisotopic (exact) mass is 418 g/mol. The molecule has 0 spiro atoms. The molecule has 1 fully saturated rings. The van der Waals surface area contributed by atoms with Crippen LogP contribution in [0.2, 0.25) is 0 Å². The normalized spacial score (nSPS) is 18.8. The Labute approximate surface area is 180 Å². The van der Waals surface area contributed by atoms with Gasteiger partial charge in [-0.25, -0.2) is 9.59 Å². The van der Waals surface area contributed by atoms with Crippen molar-refractivity contribution in [2.24, 2.45) is 0 Å². The molecule has 160 valence electrons. The molecule has 0 saturated carbocycles.